The Balaban J connectivity index is 2.84. The molecule has 0 spiro atoms. The second-order valence-corrected chi connectivity index (χ2v) is 3.22. The zero-order chi connectivity index (χ0) is 12.3. The second kappa shape index (κ2) is 4.42. The molecule has 0 aliphatic heterocycles. The van der Waals surface area contributed by atoms with E-state index in [4.69, 9.17) is 5.73 Å². The normalized spacial score (nSPS) is 11.2. The number of halogens is 3. The standard InChI is InChI=1S/C10H11F3N2O/c1-2-6-3-4-7(5-8(6)14)15-9(16)10(11,12)13/h3-5H,2,14H2,1H3,(H,15,16). The van der Waals surface area contributed by atoms with E-state index in [-0.39, 0.29) is 5.69 Å². The number of carbonyl (C=O) groups excluding carboxylic acids is 1. The first-order valence-corrected chi connectivity index (χ1v) is 4.61. The van der Waals surface area contributed by atoms with Crippen molar-refractivity contribution in [3.8, 4) is 0 Å². The molecule has 0 aliphatic rings. The van der Waals surface area contributed by atoms with Gasteiger partial charge in [0.15, 0.2) is 0 Å². The summed E-state index contributed by atoms with van der Waals surface area (Å²) in [6.07, 6.45) is -4.21. The number of hydrogen-bond acceptors (Lipinski definition) is 2. The molecule has 1 aromatic rings. The Labute approximate surface area is 90.4 Å². The first-order valence-electron chi connectivity index (χ1n) is 4.61. The van der Waals surface area contributed by atoms with E-state index >= 15 is 0 Å². The van der Waals surface area contributed by atoms with Crippen molar-refractivity contribution in [2.75, 3.05) is 11.1 Å². The number of benzene rings is 1. The molecule has 0 aliphatic carbocycles. The maximum absolute atomic E-state index is 11.9. The molecule has 0 saturated carbocycles. The van der Waals surface area contributed by atoms with Crippen molar-refractivity contribution in [1.29, 1.82) is 0 Å². The second-order valence-electron chi connectivity index (χ2n) is 3.22. The molecular weight excluding hydrogens is 221 g/mol. The van der Waals surface area contributed by atoms with Crippen molar-refractivity contribution in [3.63, 3.8) is 0 Å². The van der Waals surface area contributed by atoms with Crippen molar-refractivity contribution in [3.05, 3.63) is 23.8 Å². The predicted molar refractivity (Wildman–Crippen MR) is 54.9 cm³/mol. The summed E-state index contributed by atoms with van der Waals surface area (Å²) in [5.74, 6) is -2.00. The van der Waals surface area contributed by atoms with Crippen LogP contribution in [0.5, 0.6) is 0 Å². The van der Waals surface area contributed by atoms with Gasteiger partial charge in [0.2, 0.25) is 0 Å². The van der Waals surface area contributed by atoms with Crippen LogP contribution in [-0.4, -0.2) is 12.1 Å². The number of anilines is 2. The lowest BCUT2D eigenvalue weighted by Crippen LogP contribution is -2.29. The molecule has 1 rings (SSSR count). The van der Waals surface area contributed by atoms with E-state index in [1.807, 2.05) is 6.92 Å². The largest absolute Gasteiger partial charge is 0.471 e. The molecule has 3 N–H and O–H groups in total. The fourth-order valence-electron chi connectivity index (χ4n) is 1.20. The average Bonchev–Trinajstić information content (AvgIpc) is 2.16. The third-order valence-corrected chi connectivity index (χ3v) is 2.04. The Hall–Kier alpha value is -1.72. The Morgan fingerprint density at radius 2 is 2.06 bits per heavy atom. The van der Waals surface area contributed by atoms with Crippen LogP contribution in [-0.2, 0) is 11.2 Å². The van der Waals surface area contributed by atoms with Gasteiger partial charge in [-0.1, -0.05) is 13.0 Å². The van der Waals surface area contributed by atoms with Crippen LogP contribution in [0.25, 0.3) is 0 Å². The first-order chi connectivity index (χ1) is 7.34. The Kier molecular flexibility index (Phi) is 3.41. The van der Waals surface area contributed by atoms with Crippen molar-refractivity contribution in [2.24, 2.45) is 0 Å². The van der Waals surface area contributed by atoms with E-state index < -0.39 is 12.1 Å². The number of nitrogens with one attached hydrogen (secondary N) is 1. The van der Waals surface area contributed by atoms with Crippen molar-refractivity contribution < 1.29 is 18.0 Å². The molecule has 0 atom stereocenters. The predicted octanol–water partition coefficient (Wildman–Crippen LogP) is 2.33. The number of aryl methyl sites for hydroxylation is 1. The maximum atomic E-state index is 11.9. The summed E-state index contributed by atoms with van der Waals surface area (Å²) in [6, 6.07) is 4.28. The van der Waals surface area contributed by atoms with Crippen molar-refractivity contribution >= 4 is 17.3 Å². The fourth-order valence-corrected chi connectivity index (χ4v) is 1.20. The summed E-state index contributed by atoms with van der Waals surface area (Å²) in [6.45, 7) is 1.87. The summed E-state index contributed by atoms with van der Waals surface area (Å²) >= 11 is 0. The van der Waals surface area contributed by atoms with Gasteiger partial charge in [-0.15, -0.1) is 0 Å². The molecule has 6 heteroatoms. The number of hydrogen-bond donors (Lipinski definition) is 2. The van der Waals surface area contributed by atoms with Gasteiger partial charge in [-0.05, 0) is 24.1 Å². The van der Waals surface area contributed by atoms with Gasteiger partial charge in [0.25, 0.3) is 0 Å². The summed E-state index contributed by atoms with van der Waals surface area (Å²) in [5.41, 5.74) is 6.81. The molecule has 0 bridgehead atoms. The number of nitrogen functional groups attached to an aromatic ring is 1. The van der Waals surface area contributed by atoms with Crippen LogP contribution in [0, 0.1) is 0 Å². The third kappa shape index (κ3) is 2.88. The molecule has 3 nitrogen and oxygen atoms in total. The number of nitrogens with two attached hydrogens (primary N) is 1. The molecule has 0 unspecified atom stereocenters. The van der Waals surface area contributed by atoms with Crippen LogP contribution < -0.4 is 11.1 Å². The van der Waals surface area contributed by atoms with Crippen LogP contribution in [0.2, 0.25) is 0 Å². The minimum atomic E-state index is -4.89. The molecule has 0 heterocycles. The van der Waals surface area contributed by atoms with Gasteiger partial charge in [0, 0.05) is 11.4 Å². The monoisotopic (exact) mass is 232 g/mol. The molecule has 0 aromatic heterocycles. The van der Waals surface area contributed by atoms with Crippen LogP contribution >= 0.6 is 0 Å². The molecule has 0 saturated heterocycles. The highest BCUT2D eigenvalue weighted by Crippen LogP contribution is 2.21. The summed E-state index contributed by atoms with van der Waals surface area (Å²) in [4.78, 5) is 10.6. The number of alkyl halides is 3. The van der Waals surface area contributed by atoms with E-state index in [1.54, 1.807) is 11.4 Å². The van der Waals surface area contributed by atoms with Gasteiger partial charge in [-0.25, -0.2) is 0 Å². The molecule has 88 valence electrons. The van der Waals surface area contributed by atoms with E-state index in [0.29, 0.717) is 12.1 Å². The highest BCUT2D eigenvalue weighted by molar-refractivity contribution is 5.95. The van der Waals surface area contributed by atoms with Crippen LogP contribution in [0.15, 0.2) is 18.2 Å². The lowest BCUT2D eigenvalue weighted by atomic mass is 10.1. The van der Waals surface area contributed by atoms with Crippen molar-refractivity contribution in [2.45, 2.75) is 19.5 Å². The Bertz CT molecular complexity index is 402. The molecule has 0 fully saturated rings. The number of carbonyl (C=O) groups is 1. The smallest absolute Gasteiger partial charge is 0.398 e. The van der Waals surface area contributed by atoms with Crippen molar-refractivity contribution in [1.82, 2.24) is 0 Å². The highest BCUT2D eigenvalue weighted by atomic mass is 19.4. The molecule has 0 radical (unpaired) electrons. The molecular formula is C10H11F3N2O. The first kappa shape index (κ1) is 12.4. The van der Waals surface area contributed by atoms with Gasteiger partial charge in [0.1, 0.15) is 0 Å². The summed E-state index contributed by atoms with van der Waals surface area (Å²) < 4.78 is 35.8. The van der Waals surface area contributed by atoms with E-state index in [2.05, 4.69) is 0 Å². The van der Waals surface area contributed by atoms with E-state index in [0.717, 1.165) is 5.56 Å². The zero-order valence-electron chi connectivity index (χ0n) is 8.56. The maximum Gasteiger partial charge on any atom is 0.471 e. The van der Waals surface area contributed by atoms with Crippen LogP contribution in [0.1, 0.15) is 12.5 Å². The van der Waals surface area contributed by atoms with Gasteiger partial charge in [-0.2, -0.15) is 13.2 Å². The SMILES string of the molecule is CCc1ccc(NC(=O)C(F)(F)F)cc1N. The van der Waals surface area contributed by atoms with Gasteiger partial charge in [-0.3, -0.25) is 4.79 Å². The third-order valence-electron chi connectivity index (χ3n) is 2.04. The Morgan fingerprint density at radius 1 is 1.44 bits per heavy atom. The minimum absolute atomic E-state index is 0.0389. The number of amides is 1. The lowest BCUT2D eigenvalue weighted by Gasteiger charge is -2.10. The summed E-state index contributed by atoms with van der Waals surface area (Å²) in [5, 5.41) is 1.73. The van der Waals surface area contributed by atoms with Gasteiger partial charge >= 0.3 is 12.1 Å². The topological polar surface area (TPSA) is 55.1 Å². The molecule has 16 heavy (non-hydrogen) atoms. The molecule has 1 amide bonds. The molecule has 1 aromatic carbocycles. The lowest BCUT2D eigenvalue weighted by molar-refractivity contribution is -0.167. The quantitative estimate of drug-likeness (QED) is 0.769. The number of rotatable bonds is 2. The Morgan fingerprint density at radius 3 is 2.50 bits per heavy atom. The fraction of sp³-hybridized carbons (Fsp3) is 0.300. The van der Waals surface area contributed by atoms with Crippen LogP contribution in [0.4, 0.5) is 24.5 Å². The minimum Gasteiger partial charge on any atom is -0.398 e. The van der Waals surface area contributed by atoms with E-state index in [1.165, 1.54) is 12.1 Å². The van der Waals surface area contributed by atoms with Gasteiger partial charge in [0.05, 0.1) is 0 Å². The van der Waals surface area contributed by atoms with E-state index in [9.17, 15) is 18.0 Å². The van der Waals surface area contributed by atoms with Gasteiger partial charge < -0.3 is 11.1 Å². The van der Waals surface area contributed by atoms with Crippen LogP contribution in [0.3, 0.4) is 0 Å². The zero-order valence-corrected chi connectivity index (χ0v) is 8.56. The average molecular weight is 232 g/mol. The summed E-state index contributed by atoms with van der Waals surface area (Å²) in [7, 11) is 0. The highest BCUT2D eigenvalue weighted by Gasteiger charge is 2.38.